The van der Waals surface area contributed by atoms with Gasteiger partial charge in [0.2, 0.25) is 0 Å². The Bertz CT molecular complexity index is 621. The van der Waals surface area contributed by atoms with Gasteiger partial charge in [-0.25, -0.2) is 0 Å². The monoisotopic (exact) mass is 318 g/mol. The largest absolute Gasteiger partial charge is 0.376 e. The van der Waals surface area contributed by atoms with E-state index in [2.05, 4.69) is 47.9 Å². The van der Waals surface area contributed by atoms with E-state index in [0.29, 0.717) is 39.3 Å². The zero-order valence-electron chi connectivity index (χ0n) is 13.8. The van der Waals surface area contributed by atoms with Crippen molar-refractivity contribution in [2.75, 3.05) is 13.2 Å². The molecule has 24 heavy (non-hydrogen) atoms. The normalized spacial score (nSPS) is 9.50. The summed E-state index contributed by atoms with van der Waals surface area (Å²) in [5, 5.41) is 0. The molecule has 2 aromatic rings. The fourth-order valence-electron chi connectivity index (χ4n) is 1.99. The quantitative estimate of drug-likeness (QED) is 0.536. The van der Waals surface area contributed by atoms with Gasteiger partial charge in [0.15, 0.2) is 0 Å². The lowest BCUT2D eigenvalue weighted by Crippen LogP contribution is -1.94. The summed E-state index contributed by atoms with van der Waals surface area (Å²) >= 11 is 0. The summed E-state index contributed by atoms with van der Waals surface area (Å²) in [7, 11) is 0. The molecule has 0 unspecified atom stereocenters. The molecule has 0 N–H and O–H groups in total. The third kappa shape index (κ3) is 8.20. The first kappa shape index (κ1) is 17.8. The predicted molar refractivity (Wildman–Crippen MR) is 97.0 cm³/mol. The van der Waals surface area contributed by atoms with E-state index in [1.54, 1.807) is 0 Å². The number of ether oxygens (including phenoxy) is 2. The molecule has 0 aromatic heterocycles. The van der Waals surface area contributed by atoms with Gasteiger partial charge in [-0.15, -0.1) is 0 Å². The lowest BCUT2D eigenvalue weighted by Gasteiger charge is -2.01. The average Bonchev–Trinajstić information content (AvgIpc) is 2.64. The predicted octanol–water partition coefficient (Wildman–Crippen LogP) is 4.21. The van der Waals surface area contributed by atoms with Crippen LogP contribution in [0.25, 0.3) is 0 Å². The summed E-state index contributed by atoms with van der Waals surface area (Å²) < 4.78 is 11.1. The van der Waals surface area contributed by atoms with Crippen molar-refractivity contribution in [2.24, 2.45) is 0 Å². The van der Waals surface area contributed by atoms with Gasteiger partial charge in [0.1, 0.15) is 0 Å². The van der Waals surface area contributed by atoms with E-state index in [1.807, 2.05) is 36.4 Å². The van der Waals surface area contributed by atoms with Crippen LogP contribution in [-0.2, 0) is 22.7 Å². The molecule has 0 aliphatic rings. The summed E-state index contributed by atoms with van der Waals surface area (Å²) in [4.78, 5) is 0. The molecule has 2 rings (SSSR count). The molecular weight excluding hydrogens is 296 g/mol. The molecule has 0 fully saturated rings. The number of benzene rings is 2. The van der Waals surface area contributed by atoms with E-state index in [0.717, 1.165) is 0 Å². The molecule has 0 bridgehead atoms. The van der Waals surface area contributed by atoms with Crippen LogP contribution in [0.5, 0.6) is 0 Å². The maximum atomic E-state index is 5.55. The number of hydrogen-bond donors (Lipinski definition) is 0. The van der Waals surface area contributed by atoms with E-state index < -0.39 is 0 Å². The second-order valence-corrected chi connectivity index (χ2v) is 5.18. The molecule has 0 saturated carbocycles. The Morgan fingerprint density at radius 3 is 1.42 bits per heavy atom. The van der Waals surface area contributed by atoms with Crippen molar-refractivity contribution in [3.05, 3.63) is 71.8 Å². The molecule has 0 aliphatic heterocycles. The van der Waals surface area contributed by atoms with Gasteiger partial charge in [-0.05, 0) is 23.0 Å². The minimum absolute atomic E-state index is 0.629. The van der Waals surface area contributed by atoms with Crippen molar-refractivity contribution in [1.82, 2.24) is 0 Å². The van der Waals surface area contributed by atoms with Crippen LogP contribution >= 0.6 is 0 Å². The molecule has 0 heterocycles. The summed E-state index contributed by atoms with van der Waals surface area (Å²) in [6.45, 7) is 2.52. The molecule has 0 radical (unpaired) electrons. The minimum Gasteiger partial charge on any atom is -0.376 e. The van der Waals surface area contributed by atoms with E-state index in [1.165, 1.54) is 11.1 Å². The smallest absolute Gasteiger partial charge is 0.0717 e. The molecule has 0 spiro atoms. The van der Waals surface area contributed by atoms with Crippen LogP contribution < -0.4 is 0 Å². The van der Waals surface area contributed by atoms with Gasteiger partial charge in [0.25, 0.3) is 0 Å². The van der Waals surface area contributed by atoms with Gasteiger partial charge in [-0.2, -0.15) is 0 Å². The second kappa shape index (κ2) is 12.0. The van der Waals surface area contributed by atoms with Crippen molar-refractivity contribution in [2.45, 2.75) is 26.1 Å². The van der Waals surface area contributed by atoms with Crippen LogP contribution in [0.3, 0.4) is 0 Å². The van der Waals surface area contributed by atoms with Crippen molar-refractivity contribution >= 4 is 0 Å². The van der Waals surface area contributed by atoms with Crippen molar-refractivity contribution in [1.29, 1.82) is 0 Å². The minimum atomic E-state index is 0.629. The van der Waals surface area contributed by atoms with Crippen LogP contribution in [0.1, 0.15) is 24.0 Å². The average molecular weight is 318 g/mol. The fraction of sp³-hybridized carbons (Fsp3) is 0.273. The highest BCUT2D eigenvalue weighted by atomic mass is 16.5. The first-order chi connectivity index (χ1) is 11.9. The van der Waals surface area contributed by atoms with Crippen molar-refractivity contribution in [3.63, 3.8) is 0 Å². The van der Waals surface area contributed by atoms with Gasteiger partial charge in [0, 0.05) is 12.8 Å². The third-order valence-electron chi connectivity index (χ3n) is 3.21. The zero-order chi connectivity index (χ0) is 16.7. The van der Waals surface area contributed by atoms with E-state index in [4.69, 9.17) is 9.47 Å². The number of hydrogen-bond acceptors (Lipinski definition) is 2. The van der Waals surface area contributed by atoms with E-state index in [-0.39, 0.29) is 0 Å². The second-order valence-electron chi connectivity index (χ2n) is 5.18. The van der Waals surface area contributed by atoms with Crippen LogP contribution in [0.4, 0.5) is 0 Å². The Hall–Kier alpha value is -2.52. The van der Waals surface area contributed by atoms with Crippen molar-refractivity contribution < 1.29 is 9.47 Å². The van der Waals surface area contributed by atoms with Crippen LogP contribution in [0, 0.1) is 23.7 Å². The highest BCUT2D eigenvalue weighted by Gasteiger charge is 1.90. The van der Waals surface area contributed by atoms with Crippen LogP contribution in [0.15, 0.2) is 60.7 Å². The Kier molecular flexibility index (Phi) is 8.89. The first-order valence-corrected chi connectivity index (χ1v) is 8.14. The lowest BCUT2D eigenvalue weighted by atomic mass is 10.2. The Morgan fingerprint density at radius 2 is 1.00 bits per heavy atom. The Morgan fingerprint density at radius 1 is 0.583 bits per heavy atom. The summed E-state index contributed by atoms with van der Waals surface area (Å²) in [5.41, 5.74) is 2.36. The van der Waals surface area contributed by atoms with Gasteiger partial charge in [-0.3, -0.25) is 0 Å². The molecular formula is C22H22O2. The third-order valence-corrected chi connectivity index (χ3v) is 3.21. The highest BCUT2D eigenvalue weighted by Crippen LogP contribution is 2.01. The van der Waals surface area contributed by atoms with Crippen LogP contribution in [0.2, 0.25) is 0 Å². The molecule has 0 atom stereocenters. The maximum absolute atomic E-state index is 5.55. The van der Waals surface area contributed by atoms with Gasteiger partial charge < -0.3 is 9.47 Å². The molecule has 122 valence electrons. The van der Waals surface area contributed by atoms with Gasteiger partial charge in [-0.1, -0.05) is 72.5 Å². The highest BCUT2D eigenvalue weighted by molar-refractivity contribution is 5.25. The molecule has 0 amide bonds. The first-order valence-electron chi connectivity index (χ1n) is 8.14. The summed E-state index contributed by atoms with van der Waals surface area (Å²) in [6.07, 6.45) is 1.40. The van der Waals surface area contributed by atoms with Crippen molar-refractivity contribution in [3.8, 4) is 23.7 Å². The van der Waals surface area contributed by atoms with Gasteiger partial charge >= 0.3 is 0 Å². The van der Waals surface area contributed by atoms with E-state index in [9.17, 15) is 0 Å². The molecule has 0 aliphatic carbocycles. The van der Waals surface area contributed by atoms with E-state index >= 15 is 0 Å². The maximum Gasteiger partial charge on any atom is 0.0717 e. The van der Waals surface area contributed by atoms with Gasteiger partial charge in [0.05, 0.1) is 26.4 Å². The van der Waals surface area contributed by atoms with Crippen LogP contribution in [-0.4, -0.2) is 13.2 Å². The summed E-state index contributed by atoms with van der Waals surface area (Å²) in [6, 6.07) is 20.3. The molecule has 0 saturated heterocycles. The standard InChI is InChI=1S/C22H22O2/c1(3-11-17-23-19-21-13-7-5-8-14-21)2-4-12-18-24-20-22-15-9-6-10-16-22/h5-10,13-16H,11-12,17-20H2. The Labute approximate surface area is 144 Å². The molecule has 2 aromatic carbocycles. The molecule has 2 nitrogen and oxygen atoms in total. The SMILES string of the molecule is C(C#CCCOCc1ccccc1)#CCCOCc1ccccc1. The number of rotatable bonds is 8. The topological polar surface area (TPSA) is 18.5 Å². The summed E-state index contributed by atoms with van der Waals surface area (Å²) in [5.74, 6) is 11.7. The zero-order valence-corrected chi connectivity index (χ0v) is 13.8. The molecule has 2 heteroatoms. The fourth-order valence-corrected chi connectivity index (χ4v) is 1.99. The lowest BCUT2D eigenvalue weighted by molar-refractivity contribution is 0.126. The Balaban J connectivity index is 1.47.